The van der Waals surface area contributed by atoms with E-state index in [1.165, 1.54) is 12.3 Å². The Bertz CT molecular complexity index is 260. The van der Waals surface area contributed by atoms with E-state index in [0.29, 0.717) is 5.69 Å². The predicted octanol–water partition coefficient (Wildman–Crippen LogP) is 0.414. The second-order valence-corrected chi connectivity index (χ2v) is 1.96. The summed E-state index contributed by atoms with van der Waals surface area (Å²) in [5.41, 5.74) is 5.46. The van der Waals surface area contributed by atoms with E-state index in [-0.39, 0.29) is 11.1 Å². The highest BCUT2D eigenvalue weighted by atomic mass is 35.5. The summed E-state index contributed by atoms with van der Waals surface area (Å²) in [6.07, 6.45) is 1.45. The van der Waals surface area contributed by atoms with Crippen molar-refractivity contribution in [3.05, 3.63) is 23.2 Å². The van der Waals surface area contributed by atoms with E-state index in [0.717, 1.165) is 0 Å². The number of hydrogen-bond acceptors (Lipinski definition) is 3. The molecular weight excluding hydrogens is 152 g/mol. The Morgan fingerprint density at radius 3 is 2.80 bits per heavy atom. The predicted molar refractivity (Wildman–Crippen MR) is 38.1 cm³/mol. The molecule has 1 rings (SSSR count). The van der Waals surface area contributed by atoms with Gasteiger partial charge in [-0.15, -0.1) is 0 Å². The van der Waals surface area contributed by atoms with E-state index in [1.54, 1.807) is 0 Å². The topological polar surface area (TPSA) is 75.7 Å². The number of nitrogen functional groups attached to an aromatic ring is 1. The van der Waals surface area contributed by atoms with Crippen molar-refractivity contribution in [3.63, 3.8) is 0 Å². The Kier molecular flexibility index (Phi) is 1.82. The van der Waals surface area contributed by atoms with Crippen LogP contribution in [0.2, 0.25) is 5.28 Å². The van der Waals surface area contributed by atoms with Gasteiger partial charge in [0.2, 0.25) is 5.28 Å². The number of amidine groups is 1. The molecule has 0 radical (unpaired) electrons. The number of halogens is 1. The zero-order chi connectivity index (χ0) is 7.56. The molecule has 0 bridgehead atoms. The largest absolute Gasteiger partial charge is 0.382 e. The number of nitrogens with zero attached hydrogens (tertiary/aromatic N) is 2. The van der Waals surface area contributed by atoms with Gasteiger partial charge in [-0.1, -0.05) is 0 Å². The number of nitrogens with two attached hydrogens (primary N) is 1. The first-order chi connectivity index (χ1) is 4.70. The molecule has 10 heavy (non-hydrogen) atoms. The summed E-state index contributed by atoms with van der Waals surface area (Å²) in [5, 5.41) is 7.07. The van der Waals surface area contributed by atoms with Gasteiger partial charge in [-0.3, -0.25) is 5.41 Å². The quantitative estimate of drug-likeness (QED) is 0.351. The Labute approximate surface area is 62.6 Å². The lowest BCUT2D eigenvalue weighted by Gasteiger charge is -1.94. The van der Waals surface area contributed by atoms with Crippen molar-refractivity contribution in [3.8, 4) is 0 Å². The SMILES string of the molecule is N=C(N)c1ccnc(Cl)n1. The maximum Gasteiger partial charge on any atom is 0.222 e. The van der Waals surface area contributed by atoms with Crippen LogP contribution in [0.5, 0.6) is 0 Å². The van der Waals surface area contributed by atoms with E-state index in [9.17, 15) is 0 Å². The van der Waals surface area contributed by atoms with Gasteiger partial charge in [0, 0.05) is 6.20 Å². The lowest BCUT2D eigenvalue weighted by molar-refractivity contribution is 1.14. The maximum absolute atomic E-state index is 6.96. The highest BCUT2D eigenvalue weighted by Gasteiger charge is 1.97. The minimum absolute atomic E-state index is 0.104. The fourth-order valence-corrected chi connectivity index (χ4v) is 0.632. The van der Waals surface area contributed by atoms with E-state index in [2.05, 4.69) is 9.97 Å². The van der Waals surface area contributed by atoms with Crippen molar-refractivity contribution in [2.45, 2.75) is 0 Å². The van der Waals surface area contributed by atoms with Crippen molar-refractivity contribution >= 4 is 17.4 Å². The molecule has 1 aromatic rings. The van der Waals surface area contributed by atoms with Gasteiger partial charge in [-0.05, 0) is 17.7 Å². The molecular formula is C5H5ClN4. The van der Waals surface area contributed by atoms with Gasteiger partial charge in [0.15, 0.2) is 0 Å². The standard InChI is InChI=1S/C5H5ClN4/c6-5-9-2-1-3(10-5)4(7)8/h1-2H,(H3,7,8). The summed E-state index contributed by atoms with van der Waals surface area (Å²) in [6.45, 7) is 0. The number of hydrogen-bond donors (Lipinski definition) is 2. The molecule has 1 heterocycles. The molecule has 5 heteroatoms. The zero-order valence-electron chi connectivity index (χ0n) is 5.00. The molecule has 0 saturated heterocycles. The zero-order valence-corrected chi connectivity index (χ0v) is 5.76. The highest BCUT2D eigenvalue weighted by molar-refractivity contribution is 6.28. The van der Waals surface area contributed by atoms with Gasteiger partial charge in [0.05, 0.1) is 0 Å². The first-order valence-electron chi connectivity index (χ1n) is 2.53. The second-order valence-electron chi connectivity index (χ2n) is 1.62. The van der Waals surface area contributed by atoms with E-state index >= 15 is 0 Å². The van der Waals surface area contributed by atoms with Crippen LogP contribution in [0.1, 0.15) is 5.69 Å². The highest BCUT2D eigenvalue weighted by Crippen LogP contribution is 1.98. The van der Waals surface area contributed by atoms with Crippen molar-refractivity contribution < 1.29 is 0 Å². The molecule has 0 aliphatic heterocycles. The molecule has 0 saturated carbocycles. The second kappa shape index (κ2) is 2.62. The number of aromatic nitrogens is 2. The molecule has 3 N–H and O–H groups in total. The minimum atomic E-state index is -0.107. The Balaban J connectivity index is 3.07. The van der Waals surface area contributed by atoms with Gasteiger partial charge in [0.25, 0.3) is 0 Å². The van der Waals surface area contributed by atoms with Gasteiger partial charge >= 0.3 is 0 Å². The third-order valence-corrected chi connectivity index (χ3v) is 1.08. The summed E-state index contributed by atoms with van der Waals surface area (Å²) in [7, 11) is 0. The molecule has 0 aliphatic rings. The Morgan fingerprint density at radius 1 is 1.70 bits per heavy atom. The van der Waals surface area contributed by atoms with Gasteiger partial charge in [-0.2, -0.15) is 0 Å². The molecule has 0 aliphatic carbocycles. The van der Waals surface area contributed by atoms with Crippen molar-refractivity contribution in [2.75, 3.05) is 0 Å². The van der Waals surface area contributed by atoms with Crippen LogP contribution >= 0.6 is 11.6 Å². The van der Waals surface area contributed by atoms with E-state index in [1.807, 2.05) is 0 Å². The first-order valence-corrected chi connectivity index (χ1v) is 2.91. The van der Waals surface area contributed by atoms with Crippen LogP contribution in [0.3, 0.4) is 0 Å². The maximum atomic E-state index is 6.96. The summed E-state index contributed by atoms with van der Waals surface area (Å²) in [6, 6.07) is 1.52. The Hall–Kier alpha value is -1.16. The lowest BCUT2D eigenvalue weighted by Crippen LogP contribution is -2.13. The molecule has 1 aromatic heterocycles. The third kappa shape index (κ3) is 1.41. The lowest BCUT2D eigenvalue weighted by atomic mass is 10.4. The third-order valence-electron chi connectivity index (χ3n) is 0.902. The summed E-state index contributed by atoms with van der Waals surface area (Å²) in [4.78, 5) is 7.30. The fourth-order valence-electron chi connectivity index (χ4n) is 0.485. The molecule has 0 fully saturated rings. The molecule has 0 unspecified atom stereocenters. The van der Waals surface area contributed by atoms with E-state index < -0.39 is 0 Å². The first kappa shape index (κ1) is 6.95. The molecule has 0 amide bonds. The van der Waals surface area contributed by atoms with Crippen molar-refractivity contribution in [1.29, 1.82) is 5.41 Å². The van der Waals surface area contributed by atoms with Gasteiger partial charge in [0.1, 0.15) is 11.5 Å². The fraction of sp³-hybridized carbons (Fsp3) is 0. The monoisotopic (exact) mass is 156 g/mol. The summed E-state index contributed by atoms with van der Waals surface area (Å²) >= 11 is 5.41. The molecule has 0 aromatic carbocycles. The van der Waals surface area contributed by atoms with Crippen LogP contribution in [-0.2, 0) is 0 Å². The van der Waals surface area contributed by atoms with Crippen LogP contribution < -0.4 is 5.73 Å². The molecule has 4 nitrogen and oxygen atoms in total. The number of rotatable bonds is 1. The normalized spacial score (nSPS) is 9.30. The van der Waals surface area contributed by atoms with Gasteiger partial charge in [-0.25, -0.2) is 9.97 Å². The van der Waals surface area contributed by atoms with Crippen molar-refractivity contribution in [2.24, 2.45) is 5.73 Å². The smallest absolute Gasteiger partial charge is 0.222 e. The average Bonchev–Trinajstić information content (AvgIpc) is 1.88. The average molecular weight is 157 g/mol. The molecule has 52 valence electrons. The summed E-state index contributed by atoms with van der Waals surface area (Å²) < 4.78 is 0. The van der Waals surface area contributed by atoms with Crippen LogP contribution in [0.25, 0.3) is 0 Å². The molecule has 0 spiro atoms. The molecule has 0 atom stereocenters. The van der Waals surface area contributed by atoms with Gasteiger partial charge < -0.3 is 5.73 Å². The van der Waals surface area contributed by atoms with Crippen LogP contribution in [0, 0.1) is 5.41 Å². The van der Waals surface area contributed by atoms with Crippen LogP contribution in [0.4, 0.5) is 0 Å². The minimum Gasteiger partial charge on any atom is -0.382 e. The van der Waals surface area contributed by atoms with Crippen LogP contribution in [-0.4, -0.2) is 15.8 Å². The number of nitrogens with one attached hydrogen (secondary N) is 1. The van der Waals surface area contributed by atoms with Crippen molar-refractivity contribution in [1.82, 2.24) is 9.97 Å². The van der Waals surface area contributed by atoms with E-state index in [4.69, 9.17) is 22.7 Å². The summed E-state index contributed by atoms with van der Waals surface area (Å²) in [5.74, 6) is -0.107. The Morgan fingerprint density at radius 2 is 2.40 bits per heavy atom. The van der Waals surface area contributed by atoms with Crippen LogP contribution in [0.15, 0.2) is 12.3 Å².